The molecule has 1 amide bonds. The zero-order valence-electron chi connectivity index (χ0n) is 13.2. The van der Waals surface area contributed by atoms with Gasteiger partial charge in [0.15, 0.2) is 0 Å². The molecule has 2 aromatic rings. The largest absolute Gasteiger partial charge is 0.378 e. The second-order valence-corrected chi connectivity index (χ2v) is 5.40. The van der Waals surface area contributed by atoms with E-state index in [1.54, 1.807) is 0 Å². The Balaban J connectivity index is 1.69. The minimum absolute atomic E-state index is 0.0261. The Morgan fingerprint density at radius 3 is 2.32 bits per heavy atom. The molecule has 0 fully saturated rings. The molecule has 2 aromatic carbocycles. The highest BCUT2D eigenvalue weighted by Crippen LogP contribution is 2.15. The van der Waals surface area contributed by atoms with E-state index in [2.05, 4.69) is 22.8 Å². The molecule has 2 rings (SSSR count). The number of rotatable bonds is 7. The van der Waals surface area contributed by atoms with Crippen LogP contribution >= 0.6 is 0 Å². The Hall–Kier alpha value is -2.33. The fourth-order valence-electron chi connectivity index (χ4n) is 2.10. The standard InChI is InChI=1S/C18H23N3O/c1-21(2)17-10-8-16(9-11-17)20-18(22)12-13-19-14-15-6-4-3-5-7-15/h3-11,19H,12-14H2,1-2H3,(H,20,22). The molecule has 0 aliphatic carbocycles. The van der Waals surface area contributed by atoms with Gasteiger partial charge in [-0.15, -0.1) is 0 Å². The van der Waals surface area contributed by atoms with Crippen LogP contribution in [0.2, 0.25) is 0 Å². The summed E-state index contributed by atoms with van der Waals surface area (Å²) in [7, 11) is 3.98. The van der Waals surface area contributed by atoms with E-state index in [9.17, 15) is 4.79 Å². The molecule has 4 nitrogen and oxygen atoms in total. The molecule has 0 aromatic heterocycles. The molecule has 0 saturated heterocycles. The van der Waals surface area contributed by atoms with Crippen molar-refractivity contribution in [3.05, 3.63) is 60.2 Å². The number of anilines is 2. The van der Waals surface area contributed by atoms with E-state index in [1.165, 1.54) is 5.56 Å². The molecule has 0 atom stereocenters. The summed E-state index contributed by atoms with van der Waals surface area (Å²) in [5.74, 6) is 0.0261. The van der Waals surface area contributed by atoms with Crippen LogP contribution in [-0.4, -0.2) is 26.5 Å². The summed E-state index contributed by atoms with van der Waals surface area (Å²) in [5.41, 5.74) is 3.17. The van der Waals surface area contributed by atoms with Gasteiger partial charge in [-0.1, -0.05) is 30.3 Å². The van der Waals surface area contributed by atoms with Crippen molar-refractivity contribution in [2.75, 3.05) is 30.9 Å². The van der Waals surface area contributed by atoms with Crippen molar-refractivity contribution in [3.8, 4) is 0 Å². The average molecular weight is 297 g/mol. The Kier molecular flexibility index (Phi) is 5.98. The average Bonchev–Trinajstić information content (AvgIpc) is 2.53. The first kappa shape index (κ1) is 16.0. The van der Waals surface area contributed by atoms with Crippen molar-refractivity contribution in [2.24, 2.45) is 0 Å². The molecule has 116 valence electrons. The number of benzene rings is 2. The van der Waals surface area contributed by atoms with E-state index >= 15 is 0 Å². The summed E-state index contributed by atoms with van der Waals surface area (Å²) in [4.78, 5) is 13.9. The molecule has 0 aliphatic heterocycles. The second kappa shape index (κ2) is 8.20. The molecule has 0 radical (unpaired) electrons. The lowest BCUT2D eigenvalue weighted by molar-refractivity contribution is -0.116. The molecule has 0 saturated carbocycles. The number of nitrogens with one attached hydrogen (secondary N) is 2. The Bertz CT molecular complexity index is 579. The van der Waals surface area contributed by atoms with Gasteiger partial charge in [0.05, 0.1) is 0 Å². The van der Waals surface area contributed by atoms with Crippen molar-refractivity contribution in [1.82, 2.24) is 5.32 Å². The van der Waals surface area contributed by atoms with Crippen LogP contribution in [0.4, 0.5) is 11.4 Å². The Morgan fingerprint density at radius 2 is 1.68 bits per heavy atom. The van der Waals surface area contributed by atoms with Crippen LogP contribution in [0.15, 0.2) is 54.6 Å². The topological polar surface area (TPSA) is 44.4 Å². The van der Waals surface area contributed by atoms with Crippen molar-refractivity contribution >= 4 is 17.3 Å². The highest BCUT2D eigenvalue weighted by atomic mass is 16.1. The predicted molar refractivity (Wildman–Crippen MR) is 92.2 cm³/mol. The summed E-state index contributed by atoms with van der Waals surface area (Å²) in [6, 6.07) is 18.0. The molecule has 0 unspecified atom stereocenters. The first-order valence-electron chi connectivity index (χ1n) is 7.47. The smallest absolute Gasteiger partial charge is 0.225 e. The summed E-state index contributed by atoms with van der Waals surface area (Å²) in [5, 5.41) is 6.18. The quantitative estimate of drug-likeness (QED) is 0.772. The zero-order chi connectivity index (χ0) is 15.8. The first-order valence-corrected chi connectivity index (χ1v) is 7.47. The maximum atomic E-state index is 11.9. The van der Waals surface area contributed by atoms with Gasteiger partial charge in [-0.3, -0.25) is 4.79 Å². The number of carbonyl (C=O) groups excluding carboxylic acids is 1. The van der Waals surface area contributed by atoms with Gasteiger partial charge in [0.1, 0.15) is 0 Å². The maximum absolute atomic E-state index is 11.9. The first-order chi connectivity index (χ1) is 10.6. The summed E-state index contributed by atoms with van der Waals surface area (Å²) in [6.07, 6.45) is 0.461. The van der Waals surface area contributed by atoms with Gasteiger partial charge in [0.25, 0.3) is 0 Å². The van der Waals surface area contributed by atoms with E-state index in [0.29, 0.717) is 13.0 Å². The fourth-order valence-corrected chi connectivity index (χ4v) is 2.10. The van der Waals surface area contributed by atoms with Crippen LogP contribution in [0.25, 0.3) is 0 Å². The highest BCUT2D eigenvalue weighted by Gasteiger charge is 2.02. The van der Waals surface area contributed by atoms with Gasteiger partial charge in [-0.05, 0) is 29.8 Å². The van der Waals surface area contributed by atoms with Crippen LogP contribution in [0.3, 0.4) is 0 Å². The van der Waals surface area contributed by atoms with E-state index in [1.807, 2.05) is 61.5 Å². The van der Waals surface area contributed by atoms with Crippen molar-refractivity contribution in [2.45, 2.75) is 13.0 Å². The Labute approximate surface area is 132 Å². The Morgan fingerprint density at radius 1 is 1.00 bits per heavy atom. The summed E-state index contributed by atoms with van der Waals surface area (Å²) >= 11 is 0. The normalized spacial score (nSPS) is 10.3. The number of hydrogen-bond acceptors (Lipinski definition) is 3. The number of nitrogens with zero attached hydrogens (tertiary/aromatic N) is 1. The van der Waals surface area contributed by atoms with Crippen LogP contribution in [0.1, 0.15) is 12.0 Å². The van der Waals surface area contributed by atoms with Gasteiger partial charge >= 0.3 is 0 Å². The second-order valence-electron chi connectivity index (χ2n) is 5.40. The number of amides is 1. The maximum Gasteiger partial charge on any atom is 0.225 e. The summed E-state index contributed by atoms with van der Waals surface area (Å²) < 4.78 is 0. The molecular weight excluding hydrogens is 274 g/mol. The van der Waals surface area contributed by atoms with Crippen LogP contribution < -0.4 is 15.5 Å². The van der Waals surface area contributed by atoms with Crippen LogP contribution in [0.5, 0.6) is 0 Å². The van der Waals surface area contributed by atoms with Crippen molar-refractivity contribution in [1.29, 1.82) is 0 Å². The SMILES string of the molecule is CN(C)c1ccc(NC(=O)CCNCc2ccccc2)cc1. The minimum Gasteiger partial charge on any atom is -0.378 e. The molecule has 0 aliphatic rings. The molecule has 0 heterocycles. The monoisotopic (exact) mass is 297 g/mol. The number of hydrogen-bond donors (Lipinski definition) is 2. The van der Waals surface area contributed by atoms with Gasteiger partial charge < -0.3 is 15.5 Å². The lowest BCUT2D eigenvalue weighted by atomic mass is 10.2. The highest BCUT2D eigenvalue weighted by molar-refractivity contribution is 5.91. The van der Waals surface area contributed by atoms with Gasteiger partial charge in [-0.2, -0.15) is 0 Å². The van der Waals surface area contributed by atoms with E-state index in [-0.39, 0.29) is 5.91 Å². The van der Waals surface area contributed by atoms with Crippen molar-refractivity contribution < 1.29 is 4.79 Å². The fraction of sp³-hybridized carbons (Fsp3) is 0.278. The van der Waals surface area contributed by atoms with Crippen molar-refractivity contribution in [3.63, 3.8) is 0 Å². The minimum atomic E-state index is 0.0261. The molecular formula is C18H23N3O. The summed E-state index contributed by atoms with van der Waals surface area (Å²) in [6.45, 7) is 1.45. The number of carbonyl (C=O) groups is 1. The molecule has 22 heavy (non-hydrogen) atoms. The predicted octanol–water partition coefficient (Wildman–Crippen LogP) is 2.87. The molecule has 0 bridgehead atoms. The third-order valence-electron chi connectivity index (χ3n) is 3.37. The van der Waals surface area contributed by atoms with E-state index < -0.39 is 0 Å². The van der Waals surface area contributed by atoms with Gasteiger partial charge in [0, 0.05) is 45.0 Å². The molecule has 0 spiro atoms. The van der Waals surface area contributed by atoms with Crippen LogP contribution in [-0.2, 0) is 11.3 Å². The zero-order valence-corrected chi connectivity index (χ0v) is 13.2. The van der Waals surface area contributed by atoms with Crippen LogP contribution in [0, 0.1) is 0 Å². The third-order valence-corrected chi connectivity index (χ3v) is 3.37. The molecule has 4 heteroatoms. The lowest BCUT2D eigenvalue weighted by Gasteiger charge is -2.13. The van der Waals surface area contributed by atoms with E-state index in [4.69, 9.17) is 0 Å². The molecule has 2 N–H and O–H groups in total. The van der Waals surface area contributed by atoms with Gasteiger partial charge in [-0.25, -0.2) is 0 Å². The van der Waals surface area contributed by atoms with E-state index in [0.717, 1.165) is 17.9 Å². The van der Waals surface area contributed by atoms with Gasteiger partial charge in [0.2, 0.25) is 5.91 Å². The third kappa shape index (κ3) is 5.22. The lowest BCUT2D eigenvalue weighted by Crippen LogP contribution is -2.21.